The second-order valence-corrected chi connectivity index (χ2v) is 4.48. The maximum absolute atomic E-state index is 9.07. The largest absolute Gasteiger partial charge is 0.459 e. The van der Waals surface area contributed by atoms with Crippen molar-refractivity contribution in [3.63, 3.8) is 0 Å². The van der Waals surface area contributed by atoms with E-state index in [1.807, 2.05) is 48.5 Å². The summed E-state index contributed by atoms with van der Waals surface area (Å²) in [7, 11) is 0. The first-order valence-electron chi connectivity index (χ1n) is 6.13. The molecule has 0 unspecified atom stereocenters. The highest BCUT2D eigenvalue weighted by atomic mass is 16.4. The molecule has 2 N–H and O–H groups in total. The van der Waals surface area contributed by atoms with Crippen LogP contribution in [0.1, 0.15) is 11.3 Å². The second kappa shape index (κ2) is 4.88. The van der Waals surface area contributed by atoms with Gasteiger partial charge in [-0.25, -0.2) is 0 Å². The SMILES string of the molecule is OCc1ccc(-c2ccc3oc(CO)cc3c2)cc1. The van der Waals surface area contributed by atoms with E-state index in [1.54, 1.807) is 0 Å². The average Bonchev–Trinajstić information content (AvgIpc) is 2.89. The molecule has 96 valence electrons. The van der Waals surface area contributed by atoms with E-state index in [0.717, 1.165) is 27.7 Å². The Bertz CT molecular complexity index is 696. The molecular weight excluding hydrogens is 240 g/mol. The van der Waals surface area contributed by atoms with Gasteiger partial charge in [0.05, 0.1) is 6.61 Å². The molecule has 3 rings (SSSR count). The number of rotatable bonds is 3. The zero-order chi connectivity index (χ0) is 13.2. The summed E-state index contributed by atoms with van der Waals surface area (Å²) in [5, 5.41) is 19.1. The third kappa shape index (κ3) is 2.26. The summed E-state index contributed by atoms with van der Waals surface area (Å²) in [6.07, 6.45) is 0. The van der Waals surface area contributed by atoms with Gasteiger partial charge < -0.3 is 14.6 Å². The molecule has 3 nitrogen and oxygen atoms in total. The van der Waals surface area contributed by atoms with Crippen LogP contribution >= 0.6 is 0 Å². The Kier molecular flexibility index (Phi) is 3.07. The summed E-state index contributed by atoms with van der Waals surface area (Å²) in [6.45, 7) is -0.0316. The quantitative estimate of drug-likeness (QED) is 0.755. The fourth-order valence-corrected chi connectivity index (χ4v) is 2.16. The number of hydrogen-bond acceptors (Lipinski definition) is 3. The maximum atomic E-state index is 9.07. The summed E-state index contributed by atoms with van der Waals surface area (Å²) in [5.41, 5.74) is 3.85. The van der Waals surface area contributed by atoms with E-state index in [2.05, 4.69) is 0 Å². The number of aliphatic hydroxyl groups excluding tert-OH is 2. The van der Waals surface area contributed by atoms with Crippen molar-refractivity contribution in [1.29, 1.82) is 0 Å². The van der Waals surface area contributed by atoms with Gasteiger partial charge in [-0.1, -0.05) is 30.3 Å². The molecule has 1 heterocycles. The Morgan fingerprint density at radius 2 is 1.53 bits per heavy atom. The lowest BCUT2D eigenvalue weighted by Crippen LogP contribution is -1.83. The van der Waals surface area contributed by atoms with Gasteiger partial charge in [-0.15, -0.1) is 0 Å². The van der Waals surface area contributed by atoms with Crippen LogP contribution in [-0.4, -0.2) is 10.2 Å². The molecule has 1 aromatic heterocycles. The van der Waals surface area contributed by atoms with Gasteiger partial charge in [0.1, 0.15) is 18.0 Å². The van der Waals surface area contributed by atoms with Crippen LogP contribution in [-0.2, 0) is 13.2 Å². The van der Waals surface area contributed by atoms with E-state index in [-0.39, 0.29) is 13.2 Å². The monoisotopic (exact) mass is 254 g/mol. The summed E-state index contributed by atoms with van der Waals surface area (Å²) >= 11 is 0. The van der Waals surface area contributed by atoms with Crippen molar-refractivity contribution in [3.8, 4) is 11.1 Å². The van der Waals surface area contributed by atoms with E-state index >= 15 is 0 Å². The number of fused-ring (bicyclic) bond motifs is 1. The molecule has 19 heavy (non-hydrogen) atoms. The molecule has 0 spiro atoms. The molecule has 0 aliphatic heterocycles. The summed E-state index contributed by atoms with van der Waals surface area (Å²) in [6, 6.07) is 15.6. The minimum atomic E-state index is -0.0881. The van der Waals surface area contributed by atoms with Crippen LogP contribution in [0.4, 0.5) is 0 Å². The van der Waals surface area contributed by atoms with Crippen LogP contribution in [0.25, 0.3) is 22.1 Å². The lowest BCUT2D eigenvalue weighted by molar-refractivity contribution is 0.251. The van der Waals surface area contributed by atoms with Gasteiger partial charge in [-0.05, 0) is 34.9 Å². The fourth-order valence-electron chi connectivity index (χ4n) is 2.16. The third-order valence-corrected chi connectivity index (χ3v) is 3.19. The Balaban J connectivity index is 2.03. The summed E-state index contributed by atoms with van der Waals surface area (Å²) in [4.78, 5) is 0. The second-order valence-electron chi connectivity index (χ2n) is 4.48. The van der Waals surface area contributed by atoms with Gasteiger partial charge >= 0.3 is 0 Å². The van der Waals surface area contributed by atoms with Crippen molar-refractivity contribution in [2.45, 2.75) is 13.2 Å². The molecule has 0 saturated heterocycles. The van der Waals surface area contributed by atoms with E-state index in [9.17, 15) is 0 Å². The van der Waals surface area contributed by atoms with Crippen molar-refractivity contribution in [2.24, 2.45) is 0 Å². The zero-order valence-corrected chi connectivity index (χ0v) is 10.3. The minimum absolute atomic E-state index is 0.0565. The van der Waals surface area contributed by atoms with Gasteiger partial charge in [0, 0.05) is 5.39 Å². The topological polar surface area (TPSA) is 53.6 Å². The van der Waals surface area contributed by atoms with Gasteiger partial charge in [0.2, 0.25) is 0 Å². The van der Waals surface area contributed by atoms with Crippen LogP contribution in [0.5, 0.6) is 0 Å². The van der Waals surface area contributed by atoms with Crippen molar-refractivity contribution in [2.75, 3.05) is 0 Å². The molecule has 2 aromatic carbocycles. The van der Waals surface area contributed by atoms with Gasteiger partial charge in [0.15, 0.2) is 0 Å². The van der Waals surface area contributed by atoms with Crippen LogP contribution in [0, 0.1) is 0 Å². The number of benzene rings is 2. The van der Waals surface area contributed by atoms with Crippen LogP contribution in [0.3, 0.4) is 0 Å². The molecule has 0 aliphatic carbocycles. The Morgan fingerprint density at radius 3 is 2.21 bits per heavy atom. The first-order chi connectivity index (χ1) is 9.30. The molecule has 0 bridgehead atoms. The molecule has 3 heteroatoms. The Labute approximate surface area is 110 Å². The molecule has 0 fully saturated rings. The van der Waals surface area contributed by atoms with E-state index in [1.165, 1.54) is 0 Å². The lowest BCUT2D eigenvalue weighted by Gasteiger charge is -2.03. The molecule has 0 saturated carbocycles. The zero-order valence-electron chi connectivity index (χ0n) is 10.3. The van der Waals surface area contributed by atoms with E-state index in [4.69, 9.17) is 14.6 Å². The molecule has 0 radical (unpaired) electrons. The lowest BCUT2D eigenvalue weighted by atomic mass is 10.0. The standard InChI is InChI=1S/C16H14O3/c17-9-11-1-3-12(4-2-11)13-5-6-16-14(7-13)8-15(10-18)19-16/h1-8,17-18H,9-10H2. The summed E-state index contributed by atoms with van der Waals surface area (Å²) < 4.78 is 5.46. The third-order valence-electron chi connectivity index (χ3n) is 3.19. The van der Waals surface area contributed by atoms with Gasteiger partial charge in [-0.2, -0.15) is 0 Å². The van der Waals surface area contributed by atoms with E-state index in [0.29, 0.717) is 5.76 Å². The predicted octanol–water partition coefficient (Wildman–Crippen LogP) is 3.08. The molecule has 3 aromatic rings. The van der Waals surface area contributed by atoms with Gasteiger partial charge in [0.25, 0.3) is 0 Å². The highest BCUT2D eigenvalue weighted by molar-refractivity contribution is 5.84. The van der Waals surface area contributed by atoms with Crippen LogP contribution < -0.4 is 0 Å². The molecular formula is C16H14O3. The minimum Gasteiger partial charge on any atom is -0.459 e. The van der Waals surface area contributed by atoms with Crippen molar-refractivity contribution in [3.05, 3.63) is 59.9 Å². The smallest absolute Gasteiger partial charge is 0.134 e. The van der Waals surface area contributed by atoms with Gasteiger partial charge in [-0.3, -0.25) is 0 Å². The number of aliphatic hydroxyl groups is 2. The molecule has 0 aliphatic rings. The molecule has 0 atom stereocenters. The van der Waals surface area contributed by atoms with Crippen molar-refractivity contribution in [1.82, 2.24) is 0 Å². The fraction of sp³-hybridized carbons (Fsp3) is 0.125. The highest BCUT2D eigenvalue weighted by Gasteiger charge is 2.05. The summed E-state index contributed by atoms with van der Waals surface area (Å²) in [5.74, 6) is 0.572. The first kappa shape index (κ1) is 12.0. The number of hydrogen-bond donors (Lipinski definition) is 2. The van der Waals surface area contributed by atoms with E-state index < -0.39 is 0 Å². The Morgan fingerprint density at radius 1 is 0.789 bits per heavy atom. The normalized spacial score (nSPS) is 11.1. The predicted molar refractivity (Wildman–Crippen MR) is 73.5 cm³/mol. The number of furan rings is 1. The van der Waals surface area contributed by atoms with Crippen molar-refractivity contribution >= 4 is 11.0 Å². The average molecular weight is 254 g/mol. The molecule has 0 amide bonds. The van der Waals surface area contributed by atoms with Crippen molar-refractivity contribution < 1.29 is 14.6 Å². The maximum Gasteiger partial charge on any atom is 0.134 e. The first-order valence-corrected chi connectivity index (χ1v) is 6.13. The van der Waals surface area contributed by atoms with Crippen LogP contribution in [0.15, 0.2) is 52.9 Å². The van der Waals surface area contributed by atoms with Crippen LogP contribution in [0.2, 0.25) is 0 Å². The Hall–Kier alpha value is -2.10. The highest BCUT2D eigenvalue weighted by Crippen LogP contribution is 2.27.